The second-order valence-corrected chi connectivity index (χ2v) is 4.44. The Kier molecular flexibility index (Phi) is 4.44. The summed E-state index contributed by atoms with van der Waals surface area (Å²) < 4.78 is 38.4. The first-order valence-electron chi connectivity index (χ1n) is 4.09. The quantitative estimate of drug-likeness (QED) is 0.431. The molecule has 0 heterocycles. The summed E-state index contributed by atoms with van der Waals surface area (Å²) in [4.78, 5) is 10.9. The molecule has 1 unspecified atom stereocenters. The second kappa shape index (κ2) is 4.73. The van der Waals surface area contributed by atoms with E-state index in [1.54, 1.807) is 0 Å². The number of carbonyl (C=O) groups excluding carboxylic acids is 1. The molecular weight excluding hydrogens is 224 g/mol. The Morgan fingerprint density at radius 1 is 1.53 bits per heavy atom. The van der Waals surface area contributed by atoms with Crippen molar-refractivity contribution in [3.63, 3.8) is 0 Å². The van der Waals surface area contributed by atoms with Gasteiger partial charge in [0, 0.05) is 6.08 Å². The van der Waals surface area contributed by atoms with Crippen LogP contribution in [0.1, 0.15) is 20.8 Å². The Labute approximate surface area is 88.8 Å². The van der Waals surface area contributed by atoms with Crippen molar-refractivity contribution < 1.29 is 26.7 Å². The normalized spacial score (nSPS) is 14.4. The van der Waals surface area contributed by atoms with Crippen LogP contribution in [0.4, 0.5) is 0 Å². The van der Waals surface area contributed by atoms with Crippen LogP contribution in [0.2, 0.25) is 0 Å². The topological polar surface area (TPSA) is 89.9 Å². The highest BCUT2D eigenvalue weighted by molar-refractivity contribution is 7.80. The average Bonchev–Trinajstić information content (AvgIpc) is 2.00. The number of ether oxygens (including phenoxy) is 1. The van der Waals surface area contributed by atoms with E-state index in [0.29, 0.717) is 0 Å². The van der Waals surface area contributed by atoms with E-state index in [0.717, 1.165) is 6.08 Å². The summed E-state index contributed by atoms with van der Waals surface area (Å²) in [7, 11) is -4.57. The van der Waals surface area contributed by atoms with Crippen molar-refractivity contribution in [3.8, 4) is 0 Å². The van der Waals surface area contributed by atoms with E-state index in [2.05, 4.69) is 10.8 Å². The van der Waals surface area contributed by atoms with Gasteiger partial charge in [0.25, 0.3) is 0 Å². The summed E-state index contributed by atoms with van der Waals surface area (Å²) in [6.07, 6.45) is -0.0709. The predicted molar refractivity (Wildman–Crippen MR) is 52.5 cm³/mol. The first-order valence-corrected chi connectivity index (χ1v) is 5.46. The maximum absolute atomic E-state index is 10.9. The number of carbonyl (C=O) groups is 1. The molecule has 0 saturated carbocycles. The van der Waals surface area contributed by atoms with Gasteiger partial charge in [-0.3, -0.25) is 4.55 Å². The van der Waals surface area contributed by atoms with Crippen molar-refractivity contribution in [1.82, 2.24) is 0 Å². The van der Waals surface area contributed by atoms with Gasteiger partial charge >= 0.3 is 16.4 Å². The number of esters is 1. The zero-order chi connectivity index (χ0) is 12.3. The third kappa shape index (κ3) is 5.50. The molecule has 1 N–H and O–H groups in total. The summed E-state index contributed by atoms with van der Waals surface area (Å²) in [5, 5.41) is 0. The predicted octanol–water partition coefficient (Wildman–Crippen LogP) is 0.702. The van der Waals surface area contributed by atoms with Crippen molar-refractivity contribution in [3.05, 3.63) is 12.7 Å². The molecule has 1 atom stereocenters. The first kappa shape index (κ1) is 14.1. The number of hydrogen-bond donors (Lipinski definition) is 1. The Hall–Kier alpha value is -0.920. The lowest BCUT2D eigenvalue weighted by Gasteiger charge is -2.29. The van der Waals surface area contributed by atoms with Crippen molar-refractivity contribution in [2.24, 2.45) is 0 Å². The van der Waals surface area contributed by atoms with Crippen molar-refractivity contribution in [2.75, 3.05) is 0 Å². The average molecular weight is 238 g/mol. The largest absolute Gasteiger partial charge is 0.454 e. The number of hydrogen-bond acceptors (Lipinski definition) is 5. The van der Waals surface area contributed by atoms with Crippen LogP contribution in [-0.4, -0.2) is 30.6 Å². The van der Waals surface area contributed by atoms with E-state index in [1.807, 2.05) is 0 Å². The molecule has 6 nitrogen and oxygen atoms in total. The first-order chi connectivity index (χ1) is 6.58. The third-order valence-corrected chi connectivity index (χ3v) is 2.31. The van der Waals surface area contributed by atoms with Crippen LogP contribution in [0.3, 0.4) is 0 Å². The zero-order valence-electron chi connectivity index (χ0n) is 8.76. The molecule has 0 radical (unpaired) electrons. The minimum absolute atomic E-state index is 0.703. The Balaban J connectivity index is 4.58. The molecule has 0 saturated heterocycles. The fourth-order valence-electron chi connectivity index (χ4n) is 0.682. The molecular formula is C8H14O6S. The van der Waals surface area contributed by atoms with E-state index in [1.165, 1.54) is 20.8 Å². The molecule has 7 heteroatoms. The van der Waals surface area contributed by atoms with Gasteiger partial charge in [0.1, 0.15) is 11.7 Å². The standard InChI is InChI=1S/C8H14O6S/c1-5-7(9)13-8(3,4)6(2)14-15(10,11)12/h5-6H,1H2,2-4H3,(H,10,11,12). The molecule has 0 aliphatic carbocycles. The molecule has 88 valence electrons. The molecule has 15 heavy (non-hydrogen) atoms. The van der Waals surface area contributed by atoms with Crippen LogP contribution < -0.4 is 0 Å². The van der Waals surface area contributed by atoms with Crippen molar-refractivity contribution in [2.45, 2.75) is 32.5 Å². The highest BCUT2D eigenvalue weighted by atomic mass is 32.3. The van der Waals surface area contributed by atoms with E-state index >= 15 is 0 Å². The molecule has 0 aromatic rings. The minimum Gasteiger partial charge on any atom is -0.454 e. The summed E-state index contributed by atoms with van der Waals surface area (Å²) >= 11 is 0. The minimum atomic E-state index is -4.57. The van der Waals surface area contributed by atoms with Gasteiger partial charge in [-0.1, -0.05) is 6.58 Å². The highest BCUT2D eigenvalue weighted by Gasteiger charge is 2.33. The van der Waals surface area contributed by atoms with Gasteiger partial charge in [-0.15, -0.1) is 0 Å². The van der Waals surface area contributed by atoms with Crippen LogP contribution in [0, 0.1) is 0 Å². The van der Waals surface area contributed by atoms with Crippen LogP contribution in [-0.2, 0) is 24.1 Å². The second-order valence-electron chi connectivity index (χ2n) is 3.39. The SMILES string of the molecule is C=CC(=O)OC(C)(C)C(C)OS(=O)(=O)O. The summed E-state index contributed by atoms with van der Waals surface area (Å²) in [6.45, 7) is 7.44. The van der Waals surface area contributed by atoms with Gasteiger partial charge in [0.2, 0.25) is 0 Å². The smallest absolute Gasteiger partial charge is 0.397 e. The van der Waals surface area contributed by atoms with Gasteiger partial charge in [0.15, 0.2) is 0 Å². The summed E-state index contributed by atoms with van der Waals surface area (Å²) in [5.41, 5.74) is -1.19. The summed E-state index contributed by atoms with van der Waals surface area (Å²) in [5.74, 6) is -0.703. The Bertz CT molecular complexity index is 342. The number of rotatable bonds is 5. The third-order valence-electron chi connectivity index (χ3n) is 1.78. The molecule has 0 fully saturated rings. The fourth-order valence-corrected chi connectivity index (χ4v) is 1.28. The van der Waals surface area contributed by atoms with Gasteiger partial charge in [0.05, 0.1) is 0 Å². The summed E-state index contributed by atoms with van der Waals surface area (Å²) in [6, 6.07) is 0. The lowest BCUT2D eigenvalue weighted by atomic mass is 10.0. The van der Waals surface area contributed by atoms with Crippen LogP contribution in [0.25, 0.3) is 0 Å². The molecule has 0 aromatic carbocycles. The monoisotopic (exact) mass is 238 g/mol. The van der Waals surface area contributed by atoms with Gasteiger partial charge in [-0.25, -0.2) is 8.98 Å². The van der Waals surface area contributed by atoms with Crippen LogP contribution >= 0.6 is 0 Å². The maximum Gasteiger partial charge on any atom is 0.397 e. The molecule has 0 bridgehead atoms. The Morgan fingerprint density at radius 3 is 2.33 bits per heavy atom. The zero-order valence-corrected chi connectivity index (χ0v) is 9.58. The molecule has 0 aliphatic rings. The van der Waals surface area contributed by atoms with E-state index in [-0.39, 0.29) is 0 Å². The van der Waals surface area contributed by atoms with E-state index in [4.69, 9.17) is 9.29 Å². The fraction of sp³-hybridized carbons (Fsp3) is 0.625. The van der Waals surface area contributed by atoms with E-state index < -0.39 is 28.1 Å². The Morgan fingerprint density at radius 2 is 2.00 bits per heavy atom. The van der Waals surface area contributed by atoms with Gasteiger partial charge in [-0.05, 0) is 20.8 Å². The molecule has 0 spiro atoms. The molecule has 0 rings (SSSR count). The van der Waals surface area contributed by atoms with Crippen molar-refractivity contribution in [1.29, 1.82) is 0 Å². The van der Waals surface area contributed by atoms with Crippen molar-refractivity contribution >= 4 is 16.4 Å². The lowest BCUT2D eigenvalue weighted by molar-refractivity contribution is -0.158. The molecule has 0 amide bonds. The maximum atomic E-state index is 10.9. The highest BCUT2D eigenvalue weighted by Crippen LogP contribution is 2.19. The van der Waals surface area contributed by atoms with Gasteiger partial charge < -0.3 is 4.74 Å². The lowest BCUT2D eigenvalue weighted by Crippen LogP contribution is -2.41. The van der Waals surface area contributed by atoms with Crippen LogP contribution in [0.5, 0.6) is 0 Å². The van der Waals surface area contributed by atoms with Crippen LogP contribution in [0.15, 0.2) is 12.7 Å². The van der Waals surface area contributed by atoms with Gasteiger partial charge in [-0.2, -0.15) is 8.42 Å². The molecule has 0 aromatic heterocycles. The molecule has 0 aliphatic heterocycles. The van der Waals surface area contributed by atoms with E-state index in [9.17, 15) is 13.2 Å².